The van der Waals surface area contributed by atoms with E-state index in [4.69, 9.17) is 14.6 Å². The van der Waals surface area contributed by atoms with Crippen LogP contribution in [-0.4, -0.2) is 44.6 Å². The van der Waals surface area contributed by atoms with Gasteiger partial charge >= 0.3 is 5.97 Å². The van der Waals surface area contributed by atoms with Gasteiger partial charge in [-0.2, -0.15) is 9.61 Å². The first-order valence-corrected chi connectivity index (χ1v) is 5.51. The van der Waals surface area contributed by atoms with Crippen molar-refractivity contribution in [1.82, 2.24) is 19.8 Å². The Bertz CT molecular complexity index is 523. The summed E-state index contributed by atoms with van der Waals surface area (Å²) in [5, 5.41) is 21.1. The lowest BCUT2D eigenvalue weighted by atomic mass is 10.7. The number of ether oxygens (including phenoxy) is 2. The Kier molecular flexibility index (Phi) is 3.61. The maximum atomic E-state index is 10.3. The van der Waals surface area contributed by atoms with Crippen molar-refractivity contribution in [1.29, 1.82) is 0 Å². The third kappa shape index (κ3) is 2.75. The molecule has 0 aliphatic carbocycles. The van der Waals surface area contributed by atoms with Crippen LogP contribution in [0.1, 0.15) is 10.8 Å². The van der Waals surface area contributed by atoms with Crippen LogP contribution in [0.15, 0.2) is 0 Å². The molecule has 2 aromatic rings. The van der Waals surface area contributed by atoms with Gasteiger partial charge in [0, 0.05) is 7.11 Å². The van der Waals surface area contributed by atoms with Crippen molar-refractivity contribution >= 4 is 22.3 Å². The predicted octanol–water partition coefficient (Wildman–Crippen LogP) is -0.0666. The van der Waals surface area contributed by atoms with Crippen molar-refractivity contribution in [2.24, 2.45) is 0 Å². The fourth-order valence-corrected chi connectivity index (χ4v) is 1.99. The summed E-state index contributed by atoms with van der Waals surface area (Å²) in [5.41, 5.74) is 0. The summed E-state index contributed by atoms with van der Waals surface area (Å²) in [5.74, 6) is -0.406. The van der Waals surface area contributed by atoms with E-state index in [-0.39, 0.29) is 13.2 Å². The van der Waals surface area contributed by atoms with Crippen molar-refractivity contribution in [3.05, 3.63) is 10.8 Å². The molecule has 0 amide bonds. The summed E-state index contributed by atoms with van der Waals surface area (Å²) in [7, 11) is 1.56. The molecule has 0 radical (unpaired) electrons. The zero-order chi connectivity index (χ0) is 12.3. The minimum atomic E-state index is -1.01. The van der Waals surface area contributed by atoms with Crippen LogP contribution in [0.25, 0.3) is 4.96 Å². The Balaban J connectivity index is 2.06. The second-order valence-corrected chi connectivity index (χ2v) is 4.17. The van der Waals surface area contributed by atoms with E-state index >= 15 is 0 Å². The van der Waals surface area contributed by atoms with Gasteiger partial charge in [-0.25, -0.2) is 4.79 Å². The topological polar surface area (TPSA) is 98.8 Å². The number of nitrogens with zero attached hydrogens (tertiary/aromatic N) is 4. The van der Waals surface area contributed by atoms with Crippen LogP contribution < -0.4 is 0 Å². The third-order valence-corrected chi connectivity index (χ3v) is 2.69. The van der Waals surface area contributed by atoms with Gasteiger partial charge in [0.2, 0.25) is 4.96 Å². The van der Waals surface area contributed by atoms with Crippen molar-refractivity contribution in [3.63, 3.8) is 0 Å². The highest BCUT2D eigenvalue weighted by Gasteiger charge is 2.11. The lowest BCUT2D eigenvalue weighted by Crippen LogP contribution is -2.07. The van der Waals surface area contributed by atoms with E-state index in [1.54, 1.807) is 11.6 Å². The second kappa shape index (κ2) is 5.17. The normalized spacial score (nSPS) is 11.1. The zero-order valence-electron chi connectivity index (χ0n) is 8.99. The maximum absolute atomic E-state index is 10.3. The summed E-state index contributed by atoms with van der Waals surface area (Å²) < 4.78 is 11.4. The number of methoxy groups -OCH3 is 1. The minimum Gasteiger partial charge on any atom is -0.480 e. The standard InChI is InChI=1S/C8H10N4O4S/c1-15-2-5-9-10-8-12(5)11-6(17-8)3-16-4-7(13)14/h2-4H2,1H3,(H,13,14). The van der Waals surface area contributed by atoms with E-state index in [0.29, 0.717) is 22.4 Å². The van der Waals surface area contributed by atoms with Crippen LogP contribution in [0.5, 0.6) is 0 Å². The maximum Gasteiger partial charge on any atom is 0.329 e. The van der Waals surface area contributed by atoms with E-state index in [0.717, 1.165) is 0 Å². The summed E-state index contributed by atoms with van der Waals surface area (Å²) in [6.45, 7) is 0.123. The number of hydrogen-bond acceptors (Lipinski definition) is 7. The molecule has 0 unspecified atom stereocenters. The summed E-state index contributed by atoms with van der Waals surface area (Å²) in [6.07, 6.45) is 0. The Morgan fingerprint density at radius 1 is 1.47 bits per heavy atom. The fraction of sp³-hybridized carbons (Fsp3) is 0.500. The van der Waals surface area contributed by atoms with Gasteiger partial charge in [0.05, 0.1) is 0 Å². The monoisotopic (exact) mass is 258 g/mol. The van der Waals surface area contributed by atoms with E-state index < -0.39 is 5.97 Å². The van der Waals surface area contributed by atoms with Crippen LogP contribution in [0.3, 0.4) is 0 Å². The van der Waals surface area contributed by atoms with Crippen molar-refractivity contribution in [2.75, 3.05) is 13.7 Å². The molecule has 2 aromatic heterocycles. The molecule has 0 fully saturated rings. The molecule has 8 nitrogen and oxygen atoms in total. The highest BCUT2D eigenvalue weighted by Crippen LogP contribution is 2.14. The molecule has 0 saturated heterocycles. The lowest BCUT2D eigenvalue weighted by Gasteiger charge is -1.96. The predicted molar refractivity (Wildman–Crippen MR) is 56.7 cm³/mol. The molecule has 9 heteroatoms. The molecule has 0 atom stereocenters. The van der Waals surface area contributed by atoms with Crippen molar-refractivity contribution in [2.45, 2.75) is 13.2 Å². The van der Waals surface area contributed by atoms with Gasteiger partial charge in [0.15, 0.2) is 5.82 Å². The number of fused-ring (bicyclic) bond motifs is 1. The quantitative estimate of drug-likeness (QED) is 0.774. The molecular formula is C8H10N4O4S. The number of rotatable bonds is 6. The first-order valence-electron chi connectivity index (χ1n) is 4.69. The average molecular weight is 258 g/mol. The molecule has 0 spiro atoms. The number of carboxylic acid groups (broad SMARTS) is 1. The van der Waals surface area contributed by atoms with Gasteiger partial charge in [-0.1, -0.05) is 11.3 Å². The molecule has 92 valence electrons. The van der Waals surface area contributed by atoms with Gasteiger partial charge in [0.25, 0.3) is 0 Å². The number of aromatic nitrogens is 4. The minimum absolute atomic E-state index is 0.146. The smallest absolute Gasteiger partial charge is 0.329 e. The zero-order valence-corrected chi connectivity index (χ0v) is 9.81. The van der Waals surface area contributed by atoms with E-state index in [2.05, 4.69) is 15.3 Å². The fourth-order valence-electron chi connectivity index (χ4n) is 1.20. The van der Waals surface area contributed by atoms with E-state index in [1.165, 1.54) is 11.3 Å². The molecule has 0 aliphatic rings. The number of hydrogen-bond donors (Lipinski definition) is 1. The van der Waals surface area contributed by atoms with Crippen LogP contribution in [0, 0.1) is 0 Å². The summed E-state index contributed by atoms with van der Waals surface area (Å²) in [6, 6.07) is 0. The largest absolute Gasteiger partial charge is 0.480 e. The van der Waals surface area contributed by atoms with Gasteiger partial charge in [-0.3, -0.25) is 0 Å². The van der Waals surface area contributed by atoms with Crippen LogP contribution >= 0.6 is 11.3 Å². The van der Waals surface area contributed by atoms with Crippen LogP contribution in [0.4, 0.5) is 0 Å². The average Bonchev–Trinajstić information content (AvgIpc) is 2.80. The molecule has 0 aliphatic heterocycles. The Hall–Kier alpha value is -1.58. The van der Waals surface area contributed by atoms with Crippen molar-refractivity contribution < 1.29 is 19.4 Å². The van der Waals surface area contributed by atoms with Gasteiger partial charge in [0.1, 0.15) is 24.8 Å². The Labute approximate surface area is 99.8 Å². The van der Waals surface area contributed by atoms with Crippen LogP contribution in [-0.2, 0) is 27.5 Å². The van der Waals surface area contributed by atoms with Crippen LogP contribution in [0.2, 0.25) is 0 Å². The highest BCUT2D eigenvalue weighted by molar-refractivity contribution is 7.16. The molecular weight excluding hydrogens is 248 g/mol. The van der Waals surface area contributed by atoms with E-state index in [1.807, 2.05) is 0 Å². The molecule has 0 bridgehead atoms. The summed E-state index contributed by atoms with van der Waals surface area (Å²) in [4.78, 5) is 10.9. The van der Waals surface area contributed by atoms with Gasteiger partial charge in [-0.05, 0) is 0 Å². The third-order valence-electron chi connectivity index (χ3n) is 1.82. The van der Waals surface area contributed by atoms with Gasteiger partial charge in [-0.15, -0.1) is 10.2 Å². The SMILES string of the molecule is COCc1nnc2sc(COCC(=O)O)nn12. The Morgan fingerprint density at radius 3 is 3.00 bits per heavy atom. The Morgan fingerprint density at radius 2 is 2.29 bits per heavy atom. The first-order chi connectivity index (χ1) is 8.20. The second-order valence-electron chi connectivity index (χ2n) is 3.13. The molecule has 0 saturated carbocycles. The molecule has 17 heavy (non-hydrogen) atoms. The molecule has 1 N–H and O–H groups in total. The molecule has 2 heterocycles. The first kappa shape index (κ1) is 11.9. The van der Waals surface area contributed by atoms with Crippen molar-refractivity contribution in [3.8, 4) is 0 Å². The number of aliphatic carboxylic acids is 1. The highest BCUT2D eigenvalue weighted by atomic mass is 32.1. The molecule has 2 rings (SSSR count). The lowest BCUT2D eigenvalue weighted by molar-refractivity contribution is -0.142. The van der Waals surface area contributed by atoms with E-state index in [9.17, 15) is 4.79 Å². The molecule has 0 aromatic carbocycles. The summed E-state index contributed by atoms with van der Waals surface area (Å²) >= 11 is 1.30. The number of carbonyl (C=O) groups is 1. The van der Waals surface area contributed by atoms with Gasteiger partial charge < -0.3 is 14.6 Å². The number of carboxylic acids is 1.